The van der Waals surface area contributed by atoms with Gasteiger partial charge in [0.15, 0.2) is 0 Å². The van der Waals surface area contributed by atoms with Gasteiger partial charge in [0.2, 0.25) is 10.0 Å². The van der Waals surface area contributed by atoms with E-state index in [1.54, 1.807) is 16.4 Å². The largest absolute Gasteiger partial charge is 0.298 e. The second kappa shape index (κ2) is 7.61. The van der Waals surface area contributed by atoms with Crippen LogP contribution in [0.1, 0.15) is 58.9 Å². The van der Waals surface area contributed by atoms with Crippen LogP contribution in [0, 0.1) is 5.92 Å². The number of hydrogen-bond acceptors (Lipinski definition) is 3. The van der Waals surface area contributed by atoms with E-state index in [0.717, 1.165) is 24.6 Å². The van der Waals surface area contributed by atoms with Gasteiger partial charge in [-0.15, -0.1) is 0 Å². The van der Waals surface area contributed by atoms with Gasteiger partial charge in [0, 0.05) is 32.2 Å². The molecular formula is C21H34N2O2S. The van der Waals surface area contributed by atoms with Crippen molar-refractivity contribution in [2.75, 3.05) is 26.2 Å². The Balaban J connectivity index is 1.66. The van der Waals surface area contributed by atoms with Crippen LogP contribution in [-0.4, -0.2) is 49.8 Å². The van der Waals surface area contributed by atoms with Gasteiger partial charge in [-0.1, -0.05) is 52.7 Å². The number of piperazine rings is 1. The molecule has 26 heavy (non-hydrogen) atoms. The van der Waals surface area contributed by atoms with Crippen molar-refractivity contribution >= 4 is 10.0 Å². The Bertz CT molecular complexity index is 699. The summed E-state index contributed by atoms with van der Waals surface area (Å²) < 4.78 is 27.7. The molecule has 1 heterocycles. The van der Waals surface area contributed by atoms with E-state index in [-0.39, 0.29) is 5.41 Å². The van der Waals surface area contributed by atoms with Gasteiger partial charge in [-0.3, -0.25) is 4.90 Å². The topological polar surface area (TPSA) is 40.6 Å². The van der Waals surface area contributed by atoms with Gasteiger partial charge in [0.25, 0.3) is 0 Å². The van der Waals surface area contributed by atoms with Crippen molar-refractivity contribution in [2.24, 2.45) is 5.92 Å². The van der Waals surface area contributed by atoms with E-state index in [1.165, 1.54) is 25.7 Å². The van der Waals surface area contributed by atoms with Crippen LogP contribution in [0.5, 0.6) is 0 Å². The molecule has 0 N–H and O–H groups in total. The lowest BCUT2D eigenvalue weighted by molar-refractivity contribution is 0.0786. The average molecular weight is 379 g/mol. The molecule has 0 spiro atoms. The standard InChI is InChI=1S/C21H34N2O2S/c1-17-7-5-6-8-20(17)22-13-15-23(16-14-22)26(24,25)19-11-9-18(10-12-19)21(2,3)4/h9-12,17,20H,5-8,13-16H2,1-4H3/t17-,20+/m0/s1. The zero-order valence-corrected chi connectivity index (χ0v) is 17.6. The van der Waals surface area contributed by atoms with Crippen LogP contribution in [-0.2, 0) is 15.4 Å². The Morgan fingerprint density at radius 2 is 1.50 bits per heavy atom. The maximum absolute atomic E-state index is 13.0. The van der Waals surface area contributed by atoms with Crippen molar-refractivity contribution in [3.05, 3.63) is 29.8 Å². The van der Waals surface area contributed by atoms with Crippen molar-refractivity contribution in [3.63, 3.8) is 0 Å². The molecule has 0 unspecified atom stereocenters. The van der Waals surface area contributed by atoms with Gasteiger partial charge >= 0.3 is 0 Å². The quantitative estimate of drug-likeness (QED) is 0.802. The minimum atomic E-state index is -3.39. The summed E-state index contributed by atoms with van der Waals surface area (Å²) in [5, 5.41) is 0. The van der Waals surface area contributed by atoms with E-state index in [9.17, 15) is 8.42 Å². The fraction of sp³-hybridized carbons (Fsp3) is 0.714. The van der Waals surface area contributed by atoms with Crippen LogP contribution >= 0.6 is 0 Å². The summed E-state index contributed by atoms with van der Waals surface area (Å²) in [4.78, 5) is 2.95. The zero-order chi connectivity index (χ0) is 18.9. The summed E-state index contributed by atoms with van der Waals surface area (Å²) in [6, 6.07) is 8.08. The maximum atomic E-state index is 13.0. The first-order valence-electron chi connectivity index (χ1n) is 10.0. The second-order valence-electron chi connectivity index (χ2n) is 9.04. The lowest BCUT2D eigenvalue weighted by Gasteiger charge is -2.43. The molecule has 0 aromatic heterocycles. The molecule has 1 aliphatic carbocycles. The van der Waals surface area contributed by atoms with E-state index in [1.807, 2.05) is 12.1 Å². The summed E-state index contributed by atoms with van der Waals surface area (Å²) in [6.07, 6.45) is 5.23. The predicted molar refractivity (Wildman–Crippen MR) is 107 cm³/mol. The monoisotopic (exact) mass is 378 g/mol. The third-order valence-electron chi connectivity index (χ3n) is 6.17. The molecule has 3 rings (SSSR count). The lowest BCUT2D eigenvalue weighted by Crippen LogP contribution is -2.53. The Kier molecular flexibility index (Phi) is 5.80. The number of nitrogens with zero attached hydrogens (tertiary/aromatic N) is 2. The average Bonchev–Trinajstić information content (AvgIpc) is 2.62. The molecule has 146 valence electrons. The molecule has 2 aliphatic rings. The Morgan fingerprint density at radius 1 is 0.923 bits per heavy atom. The molecular weight excluding hydrogens is 344 g/mol. The van der Waals surface area contributed by atoms with Gasteiger partial charge in [0.05, 0.1) is 4.90 Å². The highest BCUT2D eigenvalue weighted by atomic mass is 32.2. The molecule has 2 fully saturated rings. The number of rotatable bonds is 3. The molecule has 5 heteroatoms. The first kappa shape index (κ1) is 19.8. The van der Waals surface area contributed by atoms with E-state index in [2.05, 4.69) is 32.6 Å². The highest BCUT2D eigenvalue weighted by Gasteiger charge is 2.33. The van der Waals surface area contributed by atoms with Crippen molar-refractivity contribution in [1.82, 2.24) is 9.21 Å². The van der Waals surface area contributed by atoms with E-state index in [4.69, 9.17) is 0 Å². The number of benzene rings is 1. The molecule has 1 aromatic rings. The van der Waals surface area contributed by atoms with E-state index < -0.39 is 10.0 Å². The molecule has 1 saturated heterocycles. The smallest absolute Gasteiger partial charge is 0.243 e. The Hall–Kier alpha value is -0.910. The maximum Gasteiger partial charge on any atom is 0.243 e. The van der Waals surface area contributed by atoms with E-state index in [0.29, 0.717) is 24.0 Å². The van der Waals surface area contributed by atoms with Gasteiger partial charge in [-0.2, -0.15) is 4.31 Å². The predicted octanol–water partition coefficient (Wildman–Crippen LogP) is 3.87. The third kappa shape index (κ3) is 4.15. The first-order valence-corrected chi connectivity index (χ1v) is 11.5. The Morgan fingerprint density at radius 3 is 2.04 bits per heavy atom. The van der Waals surface area contributed by atoms with Gasteiger partial charge < -0.3 is 0 Å². The highest BCUT2D eigenvalue weighted by Crippen LogP contribution is 2.30. The molecule has 1 saturated carbocycles. The fourth-order valence-corrected chi connectivity index (χ4v) is 5.81. The minimum Gasteiger partial charge on any atom is -0.298 e. The first-order chi connectivity index (χ1) is 12.2. The molecule has 0 amide bonds. The normalized spacial score (nSPS) is 26.8. The number of sulfonamides is 1. The highest BCUT2D eigenvalue weighted by molar-refractivity contribution is 7.89. The van der Waals surface area contributed by atoms with Crippen molar-refractivity contribution in [2.45, 2.75) is 69.7 Å². The summed E-state index contributed by atoms with van der Waals surface area (Å²) in [6.45, 7) is 11.7. The van der Waals surface area contributed by atoms with Crippen LogP contribution in [0.2, 0.25) is 0 Å². The summed E-state index contributed by atoms with van der Waals surface area (Å²) in [5.41, 5.74) is 1.19. The zero-order valence-electron chi connectivity index (χ0n) is 16.7. The lowest BCUT2D eigenvalue weighted by atomic mass is 9.84. The summed E-state index contributed by atoms with van der Waals surface area (Å²) in [5.74, 6) is 0.733. The molecule has 0 radical (unpaired) electrons. The third-order valence-corrected chi connectivity index (χ3v) is 8.08. The van der Waals surface area contributed by atoms with Crippen molar-refractivity contribution < 1.29 is 8.42 Å². The molecule has 1 aromatic carbocycles. The Labute approximate surface area is 159 Å². The van der Waals surface area contributed by atoms with Crippen LogP contribution in [0.15, 0.2) is 29.2 Å². The summed E-state index contributed by atoms with van der Waals surface area (Å²) in [7, 11) is -3.39. The van der Waals surface area contributed by atoms with Gasteiger partial charge in [-0.05, 0) is 41.9 Å². The SMILES string of the molecule is C[C@H]1CCCC[C@H]1N1CCN(S(=O)(=O)c2ccc(C(C)(C)C)cc2)CC1. The van der Waals surface area contributed by atoms with Crippen molar-refractivity contribution in [3.8, 4) is 0 Å². The van der Waals surface area contributed by atoms with Crippen LogP contribution in [0.4, 0.5) is 0 Å². The second-order valence-corrected chi connectivity index (χ2v) is 11.0. The van der Waals surface area contributed by atoms with Crippen LogP contribution < -0.4 is 0 Å². The van der Waals surface area contributed by atoms with Crippen LogP contribution in [0.25, 0.3) is 0 Å². The fourth-order valence-electron chi connectivity index (χ4n) is 4.39. The number of hydrogen-bond donors (Lipinski definition) is 0. The van der Waals surface area contributed by atoms with Gasteiger partial charge in [-0.25, -0.2) is 8.42 Å². The molecule has 0 bridgehead atoms. The minimum absolute atomic E-state index is 0.0323. The van der Waals surface area contributed by atoms with Crippen LogP contribution in [0.3, 0.4) is 0 Å². The molecule has 1 aliphatic heterocycles. The summed E-state index contributed by atoms with van der Waals surface area (Å²) >= 11 is 0. The van der Waals surface area contributed by atoms with Gasteiger partial charge in [0.1, 0.15) is 0 Å². The molecule has 2 atom stereocenters. The van der Waals surface area contributed by atoms with Crippen molar-refractivity contribution in [1.29, 1.82) is 0 Å². The van der Waals surface area contributed by atoms with E-state index >= 15 is 0 Å². The molecule has 4 nitrogen and oxygen atoms in total.